The van der Waals surface area contributed by atoms with Crippen LogP contribution in [0, 0.1) is 0 Å². The molecule has 1 heteroatoms. The molecule has 0 heterocycles. The molecule has 8 rings (SSSR count). The van der Waals surface area contributed by atoms with E-state index < -0.39 is 0 Å². The molecule has 0 saturated heterocycles. The summed E-state index contributed by atoms with van der Waals surface area (Å²) < 4.78 is 0. The summed E-state index contributed by atoms with van der Waals surface area (Å²) >= 11 is 0. The van der Waals surface area contributed by atoms with Gasteiger partial charge < -0.3 is 5.32 Å². The van der Waals surface area contributed by atoms with E-state index in [0.717, 1.165) is 11.4 Å². The highest BCUT2D eigenvalue weighted by Gasteiger charge is 2.11. The summed E-state index contributed by atoms with van der Waals surface area (Å²) in [6, 6.07) is 61.0. The number of nitrogens with one attached hydrogen (secondary N) is 1. The molecular formula is C42H29N. The molecule has 1 N–H and O–H groups in total. The highest BCUT2D eigenvalue weighted by molar-refractivity contribution is 6.14. The van der Waals surface area contributed by atoms with Crippen LogP contribution in [0.5, 0.6) is 0 Å². The normalized spacial score (nSPS) is 11.3. The van der Waals surface area contributed by atoms with Gasteiger partial charge in [0, 0.05) is 16.8 Å². The van der Waals surface area contributed by atoms with Crippen molar-refractivity contribution in [3.63, 3.8) is 0 Å². The monoisotopic (exact) mass is 547 g/mol. The van der Waals surface area contributed by atoms with Gasteiger partial charge in [-0.3, -0.25) is 0 Å². The number of fused-ring (bicyclic) bond motifs is 4. The fourth-order valence-electron chi connectivity index (χ4n) is 6.37. The van der Waals surface area contributed by atoms with Gasteiger partial charge in [0.1, 0.15) is 0 Å². The van der Waals surface area contributed by atoms with E-state index in [9.17, 15) is 0 Å². The first-order chi connectivity index (χ1) is 21.3. The van der Waals surface area contributed by atoms with Crippen molar-refractivity contribution in [1.29, 1.82) is 0 Å². The zero-order valence-electron chi connectivity index (χ0n) is 23.7. The smallest absolute Gasteiger partial charge is 0.0464 e. The quantitative estimate of drug-likeness (QED) is 0.211. The Morgan fingerprint density at radius 3 is 1.70 bits per heavy atom. The summed E-state index contributed by atoms with van der Waals surface area (Å²) in [6.07, 6.45) is 0. The Morgan fingerprint density at radius 2 is 0.884 bits per heavy atom. The molecule has 0 saturated carbocycles. The molecule has 0 fully saturated rings. The van der Waals surface area contributed by atoms with E-state index in [0.29, 0.717) is 0 Å². The van der Waals surface area contributed by atoms with Crippen molar-refractivity contribution >= 4 is 43.7 Å². The van der Waals surface area contributed by atoms with Crippen LogP contribution in [0.4, 0.5) is 11.4 Å². The van der Waals surface area contributed by atoms with E-state index in [1.807, 2.05) is 0 Å². The second-order valence-corrected chi connectivity index (χ2v) is 11.0. The maximum atomic E-state index is 3.73. The van der Waals surface area contributed by atoms with Crippen LogP contribution in [0.2, 0.25) is 0 Å². The van der Waals surface area contributed by atoms with Crippen LogP contribution in [-0.4, -0.2) is 0 Å². The average Bonchev–Trinajstić information content (AvgIpc) is 3.09. The predicted molar refractivity (Wildman–Crippen MR) is 185 cm³/mol. The highest BCUT2D eigenvalue weighted by Crippen LogP contribution is 2.38. The van der Waals surface area contributed by atoms with Crippen LogP contribution in [0.15, 0.2) is 170 Å². The molecule has 0 aliphatic carbocycles. The van der Waals surface area contributed by atoms with E-state index in [1.54, 1.807) is 0 Å². The summed E-state index contributed by atoms with van der Waals surface area (Å²) in [6.45, 7) is 0. The molecule has 0 atom stereocenters. The third-order valence-electron chi connectivity index (χ3n) is 8.43. The van der Waals surface area contributed by atoms with Crippen LogP contribution < -0.4 is 5.32 Å². The summed E-state index contributed by atoms with van der Waals surface area (Å²) in [5.74, 6) is 0. The Kier molecular flexibility index (Phi) is 6.20. The van der Waals surface area contributed by atoms with E-state index >= 15 is 0 Å². The molecule has 8 aromatic rings. The summed E-state index contributed by atoms with van der Waals surface area (Å²) in [5.41, 5.74) is 9.50. The van der Waals surface area contributed by atoms with Gasteiger partial charge in [-0.1, -0.05) is 140 Å². The zero-order chi connectivity index (χ0) is 28.6. The predicted octanol–water partition coefficient (Wildman–Crippen LogP) is 11.9. The Bertz CT molecular complexity index is 2260. The van der Waals surface area contributed by atoms with Gasteiger partial charge in [0.15, 0.2) is 0 Å². The van der Waals surface area contributed by atoms with Crippen LogP contribution in [0.1, 0.15) is 0 Å². The van der Waals surface area contributed by atoms with Crippen molar-refractivity contribution in [2.75, 3.05) is 5.32 Å². The SMILES string of the molecule is c1ccc(-c2ccc(Nc3cccc(-c4cccc(-c5cc6ccccc6c6ccccc56)c4)c3)c3ccccc23)cc1. The third kappa shape index (κ3) is 4.62. The van der Waals surface area contributed by atoms with Crippen LogP contribution in [-0.2, 0) is 0 Å². The Labute approximate surface area is 251 Å². The Morgan fingerprint density at radius 1 is 0.302 bits per heavy atom. The molecule has 1 nitrogen and oxygen atoms in total. The molecule has 0 bridgehead atoms. The van der Waals surface area contributed by atoms with Gasteiger partial charge in [-0.15, -0.1) is 0 Å². The van der Waals surface area contributed by atoms with Crippen LogP contribution >= 0.6 is 0 Å². The van der Waals surface area contributed by atoms with Crippen molar-refractivity contribution in [1.82, 2.24) is 0 Å². The van der Waals surface area contributed by atoms with Gasteiger partial charge in [-0.05, 0) is 90.6 Å². The van der Waals surface area contributed by atoms with Gasteiger partial charge in [0.25, 0.3) is 0 Å². The van der Waals surface area contributed by atoms with Crippen molar-refractivity contribution in [2.45, 2.75) is 0 Å². The summed E-state index contributed by atoms with van der Waals surface area (Å²) in [7, 11) is 0. The van der Waals surface area contributed by atoms with E-state index in [-0.39, 0.29) is 0 Å². The van der Waals surface area contributed by atoms with E-state index in [2.05, 4.69) is 175 Å². The first-order valence-corrected chi connectivity index (χ1v) is 14.8. The number of hydrogen-bond donors (Lipinski definition) is 1. The second kappa shape index (κ2) is 10.6. The lowest BCUT2D eigenvalue weighted by Crippen LogP contribution is -1.93. The first-order valence-electron chi connectivity index (χ1n) is 14.8. The molecule has 0 aliphatic heterocycles. The molecule has 0 aromatic heterocycles. The highest BCUT2D eigenvalue weighted by atomic mass is 14.9. The maximum Gasteiger partial charge on any atom is 0.0464 e. The second-order valence-electron chi connectivity index (χ2n) is 11.0. The van der Waals surface area contributed by atoms with Crippen molar-refractivity contribution < 1.29 is 0 Å². The van der Waals surface area contributed by atoms with Crippen molar-refractivity contribution in [3.05, 3.63) is 170 Å². The van der Waals surface area contributed by atoms with Crippen molar-refractivity contribution in [2.24, 2.45) is 0 Å². The molecule has 0 amide bonds. The van der Waals surface area contributed by atoms with Crippen molar-refractivity contribution in [3.8, 4) is 33.4 Å². The molecular weight excluding hydrogens is 518 g/mol. The zero-order valence-corrected chi connectivity index (χ0v) is 23.7. The van der Waals surface area contributed by atoms with Gasteiger partial charge >= 0.3 is 0 Å². The van der Waals surface area contributed by atoms with Gasteiger partial charge in [0.2, 0.25) is 0 Å². The molecule has 8 aromatic carbocycles. The summed E-state index contributed by atoms with van der Waals surface area (Å²) in [4.78, 5) is 0. The fraction of sp³-hybridized carbons (Fsp3) is 0. The standard InChI is InChI=1S/C42H29N/c1-2-12-29(13-3-1)36-24-25-42(40-23-9-8-21-38(36)40)43-34-18-11-16-31(27-34)30-15-10-17-32(26-30)41-28-33-14-4-5-19-35(33)37-20-6-7-22-39(37)41/h1-28,43H. The molecule has 0 aliphatic rings. The first kappa shape index (κ1) is 25.1. The molecule has 43 heavy (non-hydrogen) atoms. The van der Waals surface area contributed by atoms with Crippen LogP contribution in [0.3, 0.4) is 0 Å². The molecule has 0 radical (unpaired) electrons. The van der Waals surface area contributed by atoms with Gasteiger partial charge in [0.05, 0.1) is 0 Å². The van der Waals surface area contributed by atoms with E-state index in [4.69, 9.17) is 0 Å². The summed E-state index contributed by atoms with van der Waals surface area (Å²) in [5, 5.41) is 11.3. The van der Waals surface area contributed by atoms with E-state index in [1.165, 1.54) is 65.7 Å². The minimum Gasteiger partial charge on any atom is -0.355 e. The van der Waals surface area contributed by atoms with Gasteiger partial charge in [-0.25, -0.2) is 0 Å². The lowest BCUT2D eigenvalue weighted by Gasteiger charge is -2.15. The lowest BCUT2D eigenvalue weighted by molar-refractivity contribution is 1.55. The molecule has 202 valence electrons. The molecule has 0 spiro atoms. The lowest BCUT2D eigenvalue weighted by atomic mass is 9.92. The minimum absolute atomic E-state index is 1.07. The van der Waals surface area contributed by atoms with Gasteiger partial charge in [-0.2, -0.15) is 0 Å². The number of benzene rings is 8. The number of rotatable bonds is 5. The topological polar surface area (TPSA) is 12.0 Å². The average molecular weight is 548 g/mol. The number of anilines is 2. The minimum atomic E-state index is 1.07. The Hall–Kier alpha value is -5.66. The van der Waals surface area contributed by atoms with Crippen LogP contribution in [0.25, 0.3) is 65.7 Å². The largest absolute Gasteiger partial charge is 0.355 e. The molecule has 0 unspecified atom stereocenters. The Balaban J connectivity index is 1.17. The third-order valence-corrected chi connectivity index (χ3v) is 8.43. The maximum absolute atomic E-state index is 3.73. The number of hydrogen-bond acceptors (Lipinski definition) is 1. The fourth-order valence-corrected chi connectivity index (χ4v) is 6.37.